The highest BCUT2D eigenvalue weighted by Crippen LogP contribution is 2.42. The van der Waals surface area contributed by atoms with Gasteiger partial charge in [-0.05, 0) is 0 Å². The number of nitrogens with one attached hydrogen (secondary N) is 1. The molecule has 6 atom stereocenters. The third-order valence-corrected chi connectivity index (χ3v) is 3.67. The Balaban J connectivity index is 2.28. The number of carbonyl (C=O) groups is 2. The Morgan fingerprint density at radius 3 is 2.43 bits per heavy atom. The molecule has 2 heterocycles. The van der Waals surface area contributed by atoms with E-state index in [-0.39, 0.29) is 0 Å². The van der Waals surface area contributed by atoms with Crippen molar-refractivity contribution in [3.63, 3.8) is 0 Å². The van der Waals surface area contributed by atoms with Gasteiger partial charge in [0, 0.05) is 6.42 Å². The van der Waals surface area contributed by atoms with E-state index in [2.05, 4.69) is 0 Å². The number of carboxylic acids is 1. The summed E-state index contributed by atoms with van der Waals surface area (Å²) in [5, 5.41) is 39.1. The number of carboxylic acid groups (broad SMARTS) is 1. The molecule has 2 saturated heterocycles. The quantitative estimate of drug-likeness (QED) is 0.383. The predicted octanol–water partition coefficient (Wildman–Crippen LogP) is -2.28. The molecule has 12 heteroatoms. The maximum Gasteiger partial charge on any atom is 0.471 e. The van der Waals surface area contributed by atoms with Crippen LogP contribution < -0.4 is 5.32 Å². The van der Waals surface area contributed by atoms with Crippen molar-refractivity contribution in [2.24, 2.45) is 0 Å². The molecule has 0 radical (unpaired) electrons. The van der Waals surface area contributed by atoms with Gasteiger partial charge in [-0.3, -0.25) is 4.79 Å². The van der Waals surface area contributed by atoms with Gasteiger partial charge in [-0.1, -0.05) is 0 Å². The van der Waals surface area contributed by atoms with E-state index >= 15 is 0 Å². The summed E-state index contributed by atoms with van der Waals surface area (Å²) in [5.41, 5.74) is 0. The van der Waals surface area contributed by atoms with Crippen LogP contribution in [0.3, 0.4) is 0 Å². The van der Waals surface area contributed by atoms with E-state index in [0.29, 0.717) is 0 Å². The lowest BCUT2D eigenvalue weighted by atomic mass is 9.92. The second-order valence-corrected chi connectivity index (χ2v) is 5.24. The number of amides is 1. The number of alkyl halides is 3. The molecule has 0 aromatic rings. The van der Waals surface area contributed by atoms with Crippen LogP contribution in [0.4, 0.5) is 13.2 Å². The van der Waals surface area contributed by atoms with Gasteiger partial charge in [0.15, 0.2) is 0 Å². The van der Waals surface area contributed by atoms with Gasteiger partial charge in [0.2, 0.25) is 0 Å². The first-order valence-electron chi connectivity index (χ1n) is 6.45. The fourth-order valence-corrected chi connectivity index (χ4v) is 2.60. The molecule has 0 saturated carbocycles. The van der Waals surface area contributed by atoms with Crippen LogP contribution in [0.5, 0.6) is 0 Å². The van der Waals surface area contributed by atoms with Gasteiger partial charge < -0.3 is 35.2 Å². The summed E-state index contributed by atoms with van der Waals surface area (Å²) in [6, 6.07) is -1.68. The Hall–Kier alpha value is -1.47. The molecular weight excluding hydrogens is 331 g/mol. The van der Waals surface area contributed by atoms with Crippen LogP contribution in [-0.4, -0.2) is 81.3 Å². The standard InChI is InChI=1S/C11H14F3NO8/c12-11(13,14)8(19)15-5-3(17)1-10(9(20)21)22-6(4(18)2-16)7(5)23-10/h3-7,16-18H,1-2H2,(H,15,19)(H,20,21)/t3-,4?,5+,6+,7+,10+/m0/s1. The number of hydrogen-bond acceptors (Lipinski definition) is 7. The van der Waals surface area contributed by atoms with Gasteiger partial charge in [-0.25, -0.2) is 4.79 Å². The average molecular weight is 345 g/mol. The van der Waals surface area contributed by atoms with Crippen LogP contribution in [0.15, 0.2) is 0 Å². The van der Waals surface area contributed by atoms with Crippen LogP contribution in [0.25, 0.3) is 0 Å². The smallest absolute Gasteiger partial charge is 0.471 e. The Morgan fingerprint density at radius 2 is 1.96 bits per heavy atom. The molecule has 132 valence electrons. The summed E-state index contributed by atoms with van der Waals surface area (Å²) in [5.74, 6) is -6.39. The van der Waals surface area contributed by atoms with E-state index < -0.39 is 67.3 Å². The fourth-order valence-electron chi connectivity index (χ4n) is 2.60. The number of carbonyl (C=O) groups excluding carboxylic acids is 1. The number of rotatable bonds is 4. The third kappa shape index (κ3) is 3.12. The molecule has 2 bridgehead atoms. The molecule has 0 aliphatic carbocycles. The summed E-state index contributed by atoms with van der Waals surface area (Å²) in [7, 11) is 0. The van der Waals surface area contributed by atoms with Crippen LogP contribution in [0.2, 0.25) is 0 Å². The lowest BCUT2D eigenvalue weighted by molar-refractivity contribution is -0.235. The highest BCUT2D eigenvalue weighted by Gasteiger charge is 2.64. The summed E-state index contributed by atoms with van der Waals surface area (Å²) in [4.78, 5) is 22.3. The Kier molecular flexibility index (Phi) is 4.56. The van der Waals surface area contributed by atoms with Gasteiger partial charge in [-0.15, -0.1) is 0 Å². The average Bonchev–Trinajstić information content (AvgIpc) is 2.77. The molecule has 2 aliphatic heterocycles. The normalized spacial score (nSPS) is 38.2. The molecular formula is C11H14F3NO8. The second kappa shape index (κ2) is 5.87. The fraction of sp³-hybridized carbons (Fsp3) is 0.818. The summed E-state index contributed by atoms with van der Waals surface area (Å²) < 4.78 is 47.1. The number of halogens is 3. The molecule has 2 rings (SSSR count). The zero-order valence-electron chi connectivity index (χ0n) is 11.4. The summed E-state index contributed by atoms with van der Waals surface area (Å²) >= 11 is 0. The topological polar surface area (TPSA) is 146 Å². The van der Waals surface area contributed by atoms with Crippen molar-refractivity contribution < 1.29 is 52.7 Å². The van der Waals surface area contributed by atoms with Gasteiger partial charge >= 0.3 is 18.1 Å². The largest absolute Gasteiger partial charge is 0.477 e. The number of hydrogen-bond donors (Lipinski definition) is 5. The molecule has 2 aliphatic rings. The van der Waals surface area contributed by atoms with Crippen molar-refractivity contribution in [1.82, 2.24) is 5.32 Å². The van der Waals surface area contributed by atoms with Gasteiger partial charge in [0.1, 0.15) is 18.3 Å². The summed E-state index contributed by atoms with van der Waals surface area (Å²) in [6.45, 7) is -0.893. The first kappa shape index (κ1) is 17.9. The van der Waals surface area contributed by atoms with Gasteiger partial charge in [0.05, 0.1) is 18.8 Å². The van der Waals surface area contributed by atoms with E-state index in [1.165, 1.54) is 5.32 Å². The van der Waals surface area contributed by atoms with Crippen LogP contribution in [0, 0.1) is 0 Å². The van der Waals surface area contributed by atoms with Crippen molar-refractivity contribution in [3.05, 3.63) is 0 Å². The molecule has 1 amide bonds. The maximum absolute atomic E-state index is 12.3. The Morgan fingerprint density at radius 1 is 1.35 bits per heavy atom. The van der Waals surface area contributed by atoms with Gasteiger partial charge in [0.25, 0.3) is 5.79 Å². The van der Waals surface area contributed by atoms with Crippen molar-refractivity contribution in [3.8, 4) is 0 Å². The first-order chi connectivity index (χ1) is 10.5. The van der Waals surface area contributed by atoms with Crippen molar-refractivity contribution in [1.29, 1.82) is 0 Å². The third-order valence-electron chi connectivity index (χ3n) is 3.67. The monoisotopic (exact) mass is 345 g/mol. The van der Waals surface area contributed by atoms with Crippen molar-refractivity contribution >= 4 is 11.9 Å². The Bertz CT molecular complexity index is 500. The van der Waals surface area contributed by atoms with E-state index in [9.17, 15) is 33.0 Å². The Labute approximate surface area is 126 Å². The van der Waals surface area contributed by atoms with Crippen molar-refractivity contribution in [2.75, 3.05) is 6.61 Å². The van der Waals surface area contributed by atoms with E-state index in [1.807, 2.05) is 0 Å². The molecule has 23 heavy (non-hydrogen) atoms. The van der Waals surface area contributed by atoms with Gasteiger partial charge in [-0.2, -0.15) is 13.2 Å². The molecule has 9 nitrogen and oxygen atoms in total. The molecule has 5 N–H and O–H groups in total. The summed E-state index contributed by atoms with van der Waals surface area (Å²) in [6.07, 6.45) is -12.6. The number of aliphatic carboxylic acids is 1. The lowest BCUT2D eigenvalue weighted by Crippen LogP contribution is -2.62. The highest BCUT2D eigenvalue weighted by molar-refractivity contribution is 5.82. The van der Waals surface area contributed by atoms with Crippen LogP contribution in [-0.2, 0) is 19.1 Å². The number of ether oxygens (including phenoxy) is 2. The van der Waals surface area contributed by atoms with Crippen LogP contribution >= 0.6 is 0 Å². The maximum atomic E-state index is 12.3. The molecule has 0 aromatic carbocycles. The molecule has 0 aromatic heterocycles. The molecule has 2 fully saturated rings. The van der Waals surface area contributed by atoms with Crippen LogP contribution in [0.1, 0.15) is 6.42 Å². The zero-order chi connectivity index (χ0) is 17.6. The number of aliphatic hydroxyl groups excluding tert-OH is 3. The minimum atomic E-state index is -5.23. The SMILES string of the molecule is O=C(N[C@H]1[C@H]2O[C@@](C(=O)O)(C[C@@H]1O)O[C@@H]2C(O)CO)C(F)(F)F. The minimum Gasteiger partial charge on any atom is -0.477 e. The van der Waals surface area contributed by atoms with Crippen molar-refractivity contribution in [2.45, 2.75) is 48.8 Å². The minimum absolute atomic E-state index is 0.768. The second-order valence-electron chi connectivity index (χ2n) is 5.24. The predicted molar refractivity (Wildman–Crippen MR) is 61.8 cm³/mol. The van der Waals surface area contributed by atoms with E-state index in [1.54, 1.807) is 0 Å². The van der Waals surface area contributed by atoms with E-state index in [0.717, 1.165) is 0 Å². The van der Waals surface area contributed by atoms with E-state index in [4.69, 9.17) is 19.7 Å². The highest BCUT2D eigenvalue weighted by atomic mass is 19.4. The molecule has 0 spiro atoms. The number of aliphatic hydroxyl groups is 3. The zero-order valence-corrected chi connectivity index (χ0v) is 11.4. The number of fused-ring (bicyclic) bond motifs is 2. The molecule has 1 unspecified atom stereocenters. The first-order valence-corrected chi connectivity index (χ1v) is 6.45. The lowest BCUT2D eigenvalue weighted by Gasteiger charge is -2.37.